The van der Waals surface area contributed by atoms with Crippen molar-refractivity contribution in [3.05, 3.63) is 42.1 Å². The fraction of sp³-hybridized carbons (Fsp3) is 0.789. The minimum atomic E-state index is 0.878. The van der Waals surface area contributed by atoms with Gasteiger partial charge in [0.15, 0.2) is 0 Å². The lowest BCUT2D eigenvalue weighted by Crippen LogP contribution is -2.20. The Morgan fingerprint density at radius 1 is 0.462 bits per heavy atom. The van der Waals surface area contributed by atoms with E-state index in [9.17, 15) is 0 Å². The molecule has 0 aliphatic heterocycles. The lowest BCUT2D eigenvalue weighted by Gasteiger charge is -2.20. The van der Waals surface area contributed by atoms with Gasteiger partial charge in [-0.1, -0.05) is 186 Å². The number of hydrogen-bond donors (Lipinski definition) is 0. The van der Waals surface area contributed by atoms with Gasteiger partial charge in [0.2, 0.25) is 0 Å². The Bertz CT molecular complexity index is 599. The van der Waals surface area contributed by atoms with Crippen LogP contribution < -0.4 is 0 Å². The Kier molecular flexibility index (Phi) is 24.7. The number of hydrogen-bond acceptors (Lipinski definition) is 1. The van der Waals surface area contributed by atoms with E-state index in [1.54, 1.807) is 0 Å². The molecule has 1 nitrogen and oxygen atoms in total. The fourth-order valence-corrected chi connectivity index (χ4v) is 5.58. The molecule has 0 fully saturated rings. The van der Waals surface area contributed by atoms with E-state index in [1.165, 1.54) is 160 Å². The molecule has 0 saturated heterocycles. The van der Waals surface area contributed by atoms with Gasteiger partial charge >= 0.3 is 0 Å². The van der Waals surface area contributed by atoms with Crippen molar-refractivity contribution >= 4 is 6.08 Å². The van der Waals surface area contributed by atoms with Gasteiger partial charge in [0.1, 0.15) is 0 Å². The first-order valence-electron chi connectivity index (χ1n) is 17.5. The summed E-state index contributed by atoms with van der Waals surface area (Å²) < 4.78 is 0. The minimum Gasteiger partial charge on any atom is -0.377 e. The summed E-state index contributed by atoms with van der Waals surface area (Å²) in [6, 6.07) is 10.8. The van der Waals surface area contributed by atoms with Crippen LogP contribution in [0.5, 0.6) is 0 Å². The van der Waals surface area contributed by atoms with Crippen molar-refractivity contribution in [2.24, 2.45) is 11.8 Å². The van der Waals surface area contributed by atoms with Gasteiger partial charge in [-0.2, -0.15) is 0 Å². The molecule has 1 rings (SSSR count). The van der Waals surface area contributed by atoms with Crippen molar-refractivity contribution in [1.29, 1.82) is 0 Å². The largest absolute Gasteiger partial charge is 0.377 e. The van der Waals surface area contributed by atoms with Crippen molar-refractivity contribution < 1.29 is 0 Å². The second-order valence-electron chi connectivity index (χ2n) is 13.2. The summed E-state index contributed by atoms with van der Waals surface area (Å²) in [7, 11) is 0. The predicted octanol–water partition coefficient (Wildman–Crippen LogP) is 12.9. The van der Waals surface area contributed by atoms with Crippen LogP contribution in [0.2, 0.25) is 0 Å². The quantitative estimate of drug-likeness (QED) is 0.0957. The maximum atomic E-state index is 2.60. The first-order valence-corrected chi connectivity index (χ1v) is 17.5. The van der Waals surface area contributed by atoms with Crippen LogP contribution in [0, 0.1) is 11.8 Å². The Morgan fingerprint density at radius 2 is 0.795 bits per heavy atom. The molecule has 0 amide bonds. The number of unbranched alkanes of at least 4 members (excludes halogenated alkanes) is 18. The molecule has 1 heteroatoms. The van der Waals surface area contributed by atoms with Crippen LogP contribution in [0.3, 0.4) is 0 Å². The van der Waals surface area contributed by atoms with Crippen molar-refractivity contribution in [2.75, 3.05) is 13.1 Å². The predicted molar refractivity (Wildman–Crippen MR) is 178 cm³/mol. The molecule has 0 saturated carbocycles. The number of rotatable bonds is 28. The smallest absolute Gasteiger partial charge is 0.0172 e. The zero-order chi connectivity index (χ0) is 28.2. The summed E-state index contributed by atoms with van der Waals surface area (Å²) in [5, 5.41) is 0. The molecule has 39 heavy (non-hydrogen) atoms. The molecule has 1 aromatic rings. The van der Waals surface area contributed by atoms with Gasteiger partial charge in [-0.15, -0.1) is 0 Å². The summed E-state index contributed by atoms with van der Waals surface area (Å²) in [5.41, 5.74) is 1.32. The van der Waals surface area contributed by atoms with E-state index < -0.39 is 0 Å². The highest BCUT2D eigenvalue weighted by Gasteiger charge is 2.02. The first kappa shape index (κ1) is 35.8. The van der Waals surface area contributed by atoms with E-state index >= 15 is 0 Å². The average molecular weight is 540 g/mol. The third-order valence-electron chi connectivity index (χ3n) is 8.23. The van der Waals surface area contributed by atoms with Gasteiger partial charge in [-0.25, -0.2) is 0 Å². The monoisotopic (exact) mass is 540 g/mol. The summed E-state index contributed by atoms with van der Waals surface area (Å²) in [6.07, 6.45) is 36.0. The molecular weight excluding hydrogens is 470 g/mol. The van der Waals surface area contributed by atoms with Crippen molar-refractivity contribution in [2.45, 2.75) is 169 Å². The zero-order valence-electron chi connectivity index (χ0n) is 27.1. The highest BCUT2D eigenvalue weighted by atomic mass is 15.1. The van der Waals surface area contributed by atoms with Crippen molar-refractivity contribution in [3.63, 3.8) is 0 Å². The van der Waals surface area contributed by atoms with E-state index in [4.69, 9.17) is 0 Å². The van der Waals surface area contributed by atoms with Gasteiger partial charge in [-0.3, -0.25) is 0 Å². The molecule has 0 spiro atoms. The van der Waals surface area contributed by atoms with Crippen LogP contribution in [0.25, 0.3) is 6.08 Å². The molecule has 226 valence electrons. The van der Waals surface area contributed by atoms with Crippen molar-refractivity contribution in [3.8, 4) is 0 Å². The van der Waals surface area contributed by atoms with Gasteiger partial charge < -0.3 is 4.90 Å². The highest BCUT2D eigenvalue weighted by molar-refractivity contribution is 5.48. The van der Waals surface area contributed by atoms with Crippen LogP contribution in [0.15, 0.2) is 36.5 Å². The van der Waals surface area contributed by atoms with Crippen molar-refractivity contribution in [1.82, 2.24) is 4.90 Å². The SMILES string of the molecule is CC(C)CCCCCCCCCCCCN(C=Cc1ccccc1)CCCCCCCCCCCCC(C)C. The summed E-state index contributed by atoms with van der Waals surface area (Å²) in [6.45, 7) is 11.8. The molecule has 0 aliphatic rings. The van der Waals surface area contributed by atoms with Gasteiger partial charge in [0, 0.05) is 13.1 Å². The Balaban J connectivity index is 2.10. The lowest BCUT2D eigenvalue weighted by molar-refractivity contribution is 0.351. The Labute approximate surface area is 246 Å². The normalized spacial score (nSPS) is 11.8. The van der Waals surface area contributed by atoms with Gasteiger partial charge in [0.05, 0.1) is 0 Å². The Hall–Kier alpha value is -1.24. The van der Waals surface area contributed by atoms with Gasteiger partial charge in [-0.05, 0) is 42.5 Å². The molecular formula is C38H69N. The number of benzene rings is 1. The van der Waals surface area contributed by atoms with E-state index in [0.717, 1.165) is 11.8 Å². The summed E-state index contributed by atoms with van der Waals surface area (Å²) >= 11 is 0. The third kappa shape index (κ3) is 25.5. The molecule has 0 aliphatic carbocycles. The number of nitrogens with zero attached hydrogens (tertiary/aromatic N) is 1. The van der Waals surface area contributed by atoms with Crippen LogP contribution in [0.1, 0.15) is 175 Å². The minimum absolute atomic E-state index is 0.878. The molecule has 1 aromatic carbocycles. The molecule has 0 atom stereocenters. The fourth-order valence-electron chi connectivity index (χ4n) is 5.58. The van der Waals surface area contributed by atoms with Crippen LogP contribution in [-0.4, -0.2) is 18.0 Å². The molecule has 0 radical (unpaired) electrons. The van der Waals surface area contributed by atoms with E-state index in [2.05, 4.69) is 75.2 Å². The van der Waals surface area contributed by atoms with Crippen LogP contribution in [-0.2, 0) is 0 Å². The summed E-state index contributed by atoms with van der Waals surface area (Å²) in [4.78, 5) is 2.60. The standard InChI is InChI=1S/C38H69N/c1-36(2)28-22-17-13-9-5-7-11-15-19-26-33-39(35-32-38-30-24-21-25-31-38)34-27-20-16-12-8-6-10-14-18-23-29-37(3)4/h21,24-25,30-32,35-37H,5-20,22-23,26-29,33-34H2,1-4H3. The van der Waals surface area contributed by atoms with E-state index in [1.807, 2.05) is 0 Å². The molecule has 0 bridgehead atoms. The van der Waals surface area contributed by atoms with E-state index in [-0.39, 0.29) is 0 Å². The zero-order valence-corrected chi connectivity index (χ0v) is 27.1. The average Bonchev–Trinajstić information content (AvgIpc) is 2.92. The summed E-state index contributed by atoms with van der Waals surface area (Å²) in [5.74, 6) is 1.76. The highest BCUT2D eigenvalue weighted by Crippen LogP contribution is 2.16. The third-order valence-corrected chi connectivity index (χ3v) is 8.23. The topological polar surface area (TPSA) is 3.24 Å². The second kappa shape index (κ2) is 27.0. The molecule has 0 unspecified atom stereocenters. The van der Waals surface area contributed by atoms with Crippen LogP contribution in [0.4, 0.5) is 0 Å². The van der Waals surface area contributed by atoms with E-state index in [0.29, 0.717) is 0 Å². The lowest BCUT2D eigenvalue weighted by atomic mass is 10.0. The maximum Gasteiger partial charge on any atom is 0.0172 e. The van der Waals surface area contributed by atoms with Gasteiger partial charge in [0.25, 0.3) is 0 Å². The molecule has 0 heterocycles. The van der Waals surface area contributed by atoms with Crippen LogP contribution >= 0.6 is 0 Å². The second-order valence-corrected chi connectivity index (χ2v) is 13.2. The molecule has 0 aromatic heterocycles. The Morgan fingerprint density at radius 3 is 1.15 bits per heavy atom. The molecule has 0 N–H and O–H groups in total. The first-order chi connectivity index (χ1) is 19.1. The maximum absolute atomic E-state index is 2.60.